The van der Waals surface area contributed by atoms with E-state index in [1.807, 2.05) is 13.0 Å². The van der Waals surface area contributed by atoms with Crippen molar-refractivity contribution in [2.45, 2.75) is 45.2 Å². The molecule has 3 rings (SSSR count). The SMILES string of the molecule is C[C@H](Cn1cncn1)C(=O)NC[C@H](c1ccccc1)N1CCCCCC1. The van der Waals surface area contributed by atoms with E-state index in [0.29, 0.717) is 13.1 Å². The number of hydrogen-bond acceptors (Lipinski definition) is 4. The molecule has 1 saturated heterocycles. The van der Waals surface area contributed by atoms with Gasteiger partial charge in [0.25, 0.3) is 0 Å². The molecule has 1 fully saturated rings. The molecule has 6 heteroatoms. The van der Waals surface area contributed by atoms with Gasteiger partial charge in [0.2, 0.25) is 5.91 Å². The largest absolute Gasteiger partial charge is 0.354 e. The minimum Gasteiger partial charge on any atom is -0.354 e. The van der Waals surface area contributed by atoms with E-state index in [4.69, 9.17) is 0 Å². The Hall–Kier alpha value is -2.21. The van der Waals surface area contributed by atoms with E-state index >= 15 is 0 Å². The highest BCUT2D eigenvalue weighted by atomic mass is 16.1. The van der Waals surface area contributed by atoms with E-state index in [1.54, 1.807) is 11.0 Å². The number of amides is 1. The third-order valence-electron chi connectivity index (χ3n) is 5.11. The van der Waals surface area contributed by atoms with Crippen LogP contribution in [0.15, 0.2) is 43.0 Å². The summed E-state index contributed by atoms with van der Waals surface area (Å²) in [4.78, 5) is 19.0. The highest BCUT2D eigenvalue weighted by molar-refractivity contribution is 5.78. The van der Waals surface area contributed by atoms with Gasteiger partial charge in [-0.05, 0) is 31.5 Å². The molecule has 6 nitrogen and oxygen atoms in total. The summed E-state index contributed by atoms with van der Waals surface area (Å²) in [5, 5.41) is 7.25. The fraction of sp³-hybridized carbons (Fsp3) is 0.550. The average Bonchev–Trinajstić information content (AvgIpc) is 3.03. The quantitative estimate of drug-likeness (QED) is 0.829. The lowest BCUT2D eigenvalue weighted by molar-refractivity contribution is -0.125. The van der Waals surface area contributed by atoms with Crippen molar-refractivity contribution >= 4 is 5.91 Å². The first kappa shape index (κ1) is 18.6. The topological polar surface area (TPSA) is 63.1 Å². The molecule has 1 aliphatic heterocycles. The number of benzene rings is 1. The number of rotatable bonds is 7. The third kappa shape index (κ3) is 5.14. The highest BCUT2D eigenvalue weighted by Crippen LogP contribution is 2.23. The number of nitrogens with zero attached hydrogens (tertiary/aromatic N) is 4. The van der Waals surface area contributed by atoms with Crippen LogP contribution in [0.25, 0.3) is 0 Å². The molecule has 0 saturated carbocycles. The summed E-state index contributed by atoms with van der Waals surface area (Å²) in [5.41, 5.74) is 1.28. The summed E-state index contributed by atoms with van der Waals surface area (Å²) >= 11 is 0. The Kier molecular flexibility index (Phi) is 6.77. The van der Waals surface area contributed by atoms with Crippen molar-refractivity contribution in [1.29, 1.82) is 0 Å². The molecule has 2 atom stereocenters. The normalized spacial score (nSPS) is 18.0. The Morgan fingerprint density at radius 3 is 2.54 bits per heavy atom. The molecular weight excluding hydrogens is 326 g/mol. The lowest BCUT2D eigenvalue weighted by Crippen LogP contribution is -2.40. The first-order valence-corrected chi connectivity index (χ1v) is 9.63. The standard InChI is InChI=1S/C20H29N5O/c1-17(14-25-16-21-15-23-25)20(26)22-13-19(18-9-5-4-6-10-18)24-11-7-2-3-8-12-24/h4-6,9-10,15-17,19H,2-3,7-8,11-14H2,1H3,(H,22,26)/t17-,19-/m1/s1. The first-order chi connectivity index (χ1) is 12.7. The van der Waals surface area contributed by atoms with Gasteiger partial charge in [-0.15, -0.1) is 0 Å². The zero-order valence-corrected chi connectivity index (χ0v) is 15.6. The zero-order valence-electron chi connectivity index (χ0n) is 15.6. The Morgan fingerprint density at radius 1 is 1.15 bits per heavy atom. The molecule has 2 heterocycles. The minimum atomic E-state index is -0.141. The second-order valence-electron chi connectivity index (χ2n) is 7.14. The van der Waals surface area contributed by atoms with Gasteiger partial charge in [0, 0.05) is 6.54 Å². The molecular formula is C20H29N5O. The summed E-state index contributed by atoms with van der Waals surface area (Å²) in [6, 6.07) is 10.8. The number of carbonyl (C=O) groups excluding carboxylic acids is 1. The van der Waals surface area contributed by atoms with Gasteiger partial charge in [-0.2, -0.15) is 5.10 Å². The number of nitrogens with one attached hydrogen (secondary N) is 1. The van der Waals surface area contributed by atoms with Crippen LogP contribution in [0.4, 0.5) is 0 Å². The molecule has 1 amide bonds. The van der Waals surface area contributed by atoms with Gasteiger partial charge < -0.3 is 5.32 Å². The van der Waals surface area contributed by atoms with Gasteiger partial charge in [-0.3, -0.25) is 14.4 Å². The van der Waals surface area contributed by atoms with Gasteiger partial charge in [0.1, 0.15) is 12.7 Å². The van der Waals surface area contributed by atoms with Crippen molar-refractivity contribution in [3.05, 3.63) is 48.5 Å². The van der Waals surface area contributed by atoms with Gasteiger partial charge in [-0.25, -0.2) is 4.98 Å². The van der Waals surface area contributed by atoms with Crippen molar-refractivity contribution in [3.8, 4) is 0 Å². The molecule has 1 N–H and O–H groups in total. The molecule has 1 aliphatic rings. The van der Waals surface area contributed by atoms with E-state index < -0.39 is 0 Å². The van der Waals surface area contributed by atoms with Gasteiger partial charge in [-0.1, -0.05) is 50.1 Å². The molecule has 1 aromatic heterocycles. The van der Waals surface area contributed by atoms with Crippen molar-refractivity contribution in [3.63, 3.8) is 0 Å². The highest BCUT2D eigenvalue weighted by Gasteiger charge is 2.23. The Bertz CT molecular complexity index is 650. The van der Waals surface area contributed by atoms with Crippen LogP contribution in [0.3, 0.4) is 0 Å². The third-order valence-corrected chi connectivity index (χ3v) is 5.11. The van der Waals surface area contributed by atoms with Crippen molar-refractivity contribution in [1.82, 2.24) is 25.0 Å². The number of hydrogen-bond donors (Lipinski definition) is 1. The monoisotopic (exact) mass is 355 g/mol. The van der Waals surface area contributed by atoms with Crippen LogP contribution in [0.2, 0.25) is 0 Å². The van der Waals surface area contributed by atoms with Crippen LogP contribution in [0.1, 0.15) is 44.2 Å². The average molecular weight is 355 g/mol. The van der Waals surface area contributed by atoms with Gasteiger partial charge in [0.05, 0.1) is 18.5 Å². The smallest absolute Gasteiger partial charge is 0.224 e. The maximum atomic E-state index is 12.6. The Morgan fingerprint density at radius 2 is 1.88 bits per heavy atom. The maximum Gasteiger partial charge on any atom is 0.224 e. The number of aromatic nitrogens is 3. The van der Waals surface area contributed by atoms with Crippen LogP contribution in [0, 0.1) is 5.92 Å². The van der Waals surface area contributed by atoms with E-state index in [1.165, 1.54) is 37.6 Å². The summed E-state index contributed by atoms with van der Waals surface area (Å²) in [6.45, 7) is 5.32. The molecule has 0 bridgehead atoms. The molecule has 2 aromatic rings. The Balaban J connectivity index is 1.62. The summed E-state index contributed by atoms with van der Waals surface area (Å²) < 4.78 is 1.70. The minimum absolute atomic E-state index is 0.0660. The molecule has 0 spiro atoms. The van der Waals surface area contributed by atoms with E-state index in [9.17, 15) is 4.79 Å². The van der Waals surface area contributed by atoms with E-state index in [-0.39, 0.29) is 17.9 Å². The summed E-state index contributed by atoms with van der Waals surface area (Å²) in [5.74, 6) is -0.0755. The first-order valence-electron chi connectivity index (χ1n) is 9.63. The predicted octanol–water partition coefficient (Wildman–Crippen LogP) is 2.65. The number of likely N-dealkylation sites (tertiary alicyclic amines) is 1. The van der Waals surface area contributed by atoms with Crippen molar-refractivity contribution < 1.29 is 4.79 Å². The van der Waals surface area contributed by atoms with Gasteiger partial charge >= 0.3 is 0 Å². The zero-order chi connectivity index (χ0) is 18.2. The van der Waals surface area contributed by atoms with Crippen molar-refractivity contribution in [2.24, 2.45) is 5.92 Å². The molecule has 0 radical (unpaired) electrons. The van der Waals surface area contributed by atoms with Crippen LogP contribution in [0.5, 0.6) is 0 Å². The maximum absolute atomic E-state index is 12.6. The second kappa shape index (κ2) is 9.48. The van der Waals surface area contributed by atoms with Crippen LogP contribution in [-0.2, 0) is 11.3 Å². The molecule has 0 aliphatic carbocycles. The van der Waals surface area contributed by atoms with E-state index in [2.05, 4.69) is 44.6 Å². The molecule has 1 aromatic carbocycles. The summed E-state index contributed by atoms with van der Waals surface area (Å²) in [7, 11) is 0. The fourth-order valence-corrected chi connectivity index (χ4v) is 3.60. The fourth-order valence-electron chi connectivity index (χ4n) is 3.60. The van der Waals surface area contributed by atoms with Crippen LogP contribution >= 0.6 is 0 Å². The predicted molar refractivity (Wildman–Crippen MR) is 101 cm³/mol. The summed E-state index contributed by atoms with van der Waals surface area (Å²) in [6.07, 6.45) is 8.22. The number of carbonyl (C=O) groups is 1. The molecule has 26 heavy (non-hydrogen) atoms. The van der Waals surface area contributed by atoms with Crippen LogP contribution in [-0.4, -0.2) is 45.2 Å². The van der Waals surface area contributed by atoms with Crippen molar-refractivity contribution in [2.75, 3.05) is 19.6 Å². The molecule has 140 valence electrons. The molecule has 0 unspecified atom stereocenters. The lowest BCUT2D eigenvalue weighted by Gasteiger charge is -2.31. The van der Waals surface area contributed by atoms with Gasteiger partial charge in [0.15, 0.2) is 0 Å². The van der Waals surface area contributed by atoms with E-state index in [0.717, 1.165) is 13.1 Å². The Labute approximate surface area is 155 Å². The second-order valence-corrected chi connectivity index (χ2v) is 7.14. The van der Waals surface area contributed by atoms with Crippen LogP contribution < -0.4 is 5.32 Å². The lowest BCUT2D eigenvalue weighted by atomic mass is 10.0.